The summed E-state index contributed by atoms with van der Waals surface area (Å²) in [4.78, 5) is 0. The third-order valence-corrected chi connectivity index (χ3v) is 4.97. The Balaban J connectivity index is 1.78. The van der Waals surface area contributed by atoms with Crippen LogP contribution < -0.4 is 5.32 Å². The van der Waals surface area contributed by atoms with Crippen LogP contribution >= 0.6 is 0 Å². The molecular weight excluding hydrogens is 330 g/mol. The molecular formula is C25H29NO. The van der Waals surface area contributed by atoms with Gasteiger partial charge in [-0.3, -0.25) is 0 Å². The second-order valence-electron chi connectivity index (χ2n) is 7.35. The lowest BCUT2D eigenvalue weighted by atomic mass is 9.77. The molecule has 3 aromatic carbocycles. The number of benzene rings is 3. The minimum atomic E-state index is 0.00619. The highest BCUT2D eigenvalue weighted by molar-refractivity contribution is 5.21. The lowest BCUT2D eigenvalue weighted by Crippen LogP contribution is -2.41. The van der Waals surface area contributed by atoms with E-state index in [9.17, 15) is 0 Å². The highest BCUT2D eigenvalue weighted by Crippen LogP contribution is 2.28. The summed E-state index contributed by atoms with van der Waals surface area (Å²) in [5.74, 6) is 0. The van der Waals surface area contributed by atoms with Crippen LogP contribution in [-0.2, 0) is 24.1 Å². The summed E-state index contributed by atoms with van der Waals surface area (Å²) in [7, 11) is 1.81. The Hall–Kier alpha value is -2.42. The van der Waals surface area contributed by atoms with Crippen molar-refractivity contribution in [1.82, 2.24) is 5.32 Å². The monoisotopic (exact) mass is 359 g/mol. The fourth-order valence-electron chi connectivity index (χ4n) is 3.77. The second kappa shape index (κ2) is 10.1. The van der Waals surface area contributed by atoms with Gasteiger partial charge in [-0.1, -0.05) is 91.0 Å². The highest BCUT2D eigenvalue weighted by Gasteiger charge is 2.30. The Bertz CT molecular complexity index is 730. The van der Waals surface area contributed by atoms with Crippen LogP contribution in [0.4, 0.5) is 0 Å². The first-order valence-corrected chi connectivity index (χ1v) is 9.61. The highest BCUT2D eigenvalue weighted by atomic mass is 16.5. The molecule has 0 saturated carbocycles. The van der Waals surface area contributed by atoms with Crippen molar-refractivity contribution in [3.63, 3.8) is 0 Å². The normalized spacial score (nSPS) is 11.4. The fourth-order valence-corrected chi connectivity index (χ4v) is 3.77. The van der Waals surface area contributed by atoms with Gasteiger partial charge < -0.3 is 10.1 Å². The van der Waals surface area contributed by atoms with Crippen molar-refractivity contribution in [3.05, 3.63) is 108 Å². The van der Waals surface area contributed by atoms with Gasteiger partial charge in [-0.05, 0) is 29.5 Å². The van der Waals surface area contributed by atoms with E-state index in [2.05, 4.69) is 96.3 Å². The molecule has 0 radical (unpaired) electrons. The Labute approximate surface area is 163 Å². The maximum atomic E-state index is 5.71. The smallest absolute Gasteiger partial charge is 0.0537 e. The Morgan fingerprint density at radius 2 is 1.11 bits per heavy atom. The van der Waals surface area contributed by atoms with E-state index in [1.165, 1.54) is 16.7 Å². The summed E-state index contributed by atoms with van der Waals surface area (Å²) in [6.07, 6.45) is 1.97. The molecule has 2 nitrogen and oxygen atoms in total. The summed E-state index contributed by atoms with van der Waals surface area (Å²) in [6, 6.07) is 32.1. The average molecular weight is 360 g/mol. The van der Waals surface area contributed by atoms with E-state index in [0.29, 0.717) is 0 Å². The lowest BCUT2D eigenvalue weighted by molar-refractivity contribution is 0.0774. The third-order valence-electron chi connectivity index (χ3n) is 4.97. The average Bonchev–Trinajstić information content (AvgIpc) is 2.70. The first-order chi connectivity index (χ1) is 13.3. The van der Waals surface area contributed by atoms with Gasteiger partial charge in [0.1, 0.15) is 0 Å². The van der Waals surface area contributed by atoms with Gasteiger partial charge in [-0.2, -0.15) is 0 Å². The third kappa shape index (κ3) is 6.06. The SMILES string of the molecule is COCC(CNCc1ccccc1)(Cc1ccccc1)Cc1ccccc1. The maximum Gasteiger partial charge on any atom is 0.0537 e. The largest absolute Gasteiger partial charge is 0.384 e. The molecule has 0 aromatic heterocycles. The van der Waals surface area contributed by atoms with E-state index in [-0.39, 0.29) is 5.41 Å². The van der Waals surface area contributed by atoms with E-state index in [1.807, 2.05) is 7.11 Å². The molecule has 0 unspecified atom stereocenters. The first kappa shape index (κ1) is 19.3. The number of ether oxygens (including phenoxy) is 1. The van der Waals surface area contributed by atoms with E-state index in [1.54, 1.807) is 0 Å². The summed E-state index contributed by atoms with van der Waals surface area (Å²) in [5, 5.41) is 3.69. The van der Waals surface area contributed by atoms with Crippen molar-refractivity contribution in [3.8, 4) is 0 Å². The number of hydrogen-bond donors (Lipinski definition) is 1. The summed E-state index contributed by atoms with van der Waals surface area (Å²) in [6.45, 7) is 2.49. The van der Waals surface area contributed by atoms with E-state index in [0.717, 1.165) is 32.5 Å². The summed E-state index contributed by atoms with van der Waals surface area (Å²) >= 11 is 0. The fraction of sp³-hybridized carbons (Fsp3) is 0.280. The Kier molecular flexibility index (Phi) is 7.20. The zero-order valence-electron chi connectivity index (χ0n) is 16.1. The van der Waals surface area contributed by atoms with Gasteiger partial charge in [0.15, 0.2) is 0 Å². The molecule has 0 heterocycles. The molecule has 0 aliphatic rings. The van der Waals surface area contributed by atoms with E-state index < -0.39 is 0 Å². The minimum absolute atomic E-state index is 0.00619. The molecule has 27 heavy (non-hydrogen) atoms. The van der Waals surface area contributed by atoms with Crippen molar-refractivity contribution in [2.75, 3.05) is 20.3 Å². The van der Waals surface area contributed by atoms with Gasteiger partial charge in [0.05, 0.1) is 6.61 Å². The molecule has 0 aliphatic carbocycles. The predicted molar refractivity (Wildman–Crippen MR) is 113 cm³/mol. The molecule has 0 amide bonds. The van der Waals surface area contributed by atoms with Crippen LogP contribution in [0, 0.1) is 5.41 Å². The minimum Gasteiger partial charge on any atom is -0.384 e. The summed E-state index contributed by atoms with van der Waals surface area (Å²) in [5.41, 5.74) is 4.02. The number of rotatable bonds is 10. The molecule has 0 spiro atoms. The van der Waals surface area contributed by atoms with E-state index in [4.69, 9.17) is 4.74 Å². The summed E-state index contributed by atoms with van der Waals surface area (Å²) < 4.78 is 5.71. The predicted octanol–water partition coefficient (Wildman–Crippen LogP) is 4.89. The van der Waals surface area contributed by atoms with Crippen LogP contribution in [0.5, 0.6) is 0 Å². The van der Waals surface area contributed by atoms with Gasteiger partial charge in [-0.25, -0.2) is 0 Å². The van der Waals surface area contributed by atoms with Gasteiger partial charge in [-0.15, -0.1) is 0 Å². The first-order valence-electron chi connectivity index (χ1n) is 9.61. The van der Waals surface area contributed by atoms with Crippen LogP contribution in [0.25, 0.3) is 0 Å². The van der Waals surface area contributed by atoms with Gasteiger partial charge in [0, 0.05) is 25.6 Å². The van der Waals surface area contributed by atoms with Crippen molar-refractivity contribution in [2.45, 2.75) is 19.4 Å². The van der Waals surface area contributed by atoms with Gasteiger partial charge in [0.2, 0.25) is 0 Å². The Morgan fingerprint density at radius 1 is 0.667 bits per heavy atom. The van der Waals surface area contributed by atoms with Crippen LogP contribution in [-0.4, -0.2) is 20.3 Å². The quantitative estimate of drug-likeness (QED) is 0.556. The molecule has 0 fully saturated rings. The molecule has 3 aromatic rings. The zero-order valence-corrected chi connectivity index (χ0v) is 16.1. The molecule has 3 rings (SSSR count). The number of hydrogen-bond acceptors (Lipinski definition) is 2. The number of nitrogens with one attached hydrogen (secondary N) is 1. The van der Waals surface area contributed by atoms with Crippen LogP contribution in [0.2, 0.25) is 0 Å². The molecule has 0 saturated heterocycles. The molecule has 2 heteroatoms. The van der Waals surface area contributed by atoms with Crippen LogP contribution in [0.15, 0.2) is 91.0 Å². The van der Waals surface area contributed by atoms with Gasteiger partial charge >= 0.3 is 0 Å². The topological polar surface area (TPSA) is 21.3 Å². The molecule has 0 aliphatic heterocycles. The van der Waals surface area contributed by atoms with Crippen molar-refractivity contribution >= 4 is 0 Å². The molecule has 140 valence electrons. The maximum absolute atomic E-state index is 5.71. The lowest BCUT2D eigenvalue weighted by Gasteiger charge is -2.34. The zero-order chi connectivity index (χ0) is 18.8. The van der Waals surface area contributed by atoms with E-state index >= 15 is 0 Å². The molecule has 0 atom stereocenters. The van der Waals surface area contributed by atoms with Crippen LogP contribution in [0.3, 0.4) is 0 Å². The van der Waals surface area contributed by atoms with Crippen LogP contribution in [0.1, 0.15) is 16.7 Å². The van der Waals surface area contributed by atoms with Crippen molar-refractivity contribution in [2.24, 2.45) is 5.41 Å². The Morgan fingerprint density at radius 3 is 1.56 bits per heavy atom. The number of methoxy groups -OCH3 is 1. The van der Waals surface area contributed by atoms with Gasteiger partial charge in [0.25, 0.3) is 0 Å². The second-order valence-corrected chi connectivity index (χ2v) is 7.35. The van der Waals surface area contributed by atoms with Crippen molar-refractivity contribution < 1.29 is 4.74 Å². The molecule has 0 bridgehead atoms. The molecule has 1 N–H and O–H groups in total. The van der Waals surface area contributed by atoms with Crippen molar-refractivity contribution in [1.29, 1.82) is 0 Å². The standard InChI is InChI=1S/C25H29NO/c1-27-21-25(17-22-11-5-2-6-12-22,18-23-13-7-3-8-14-23)20-26-19-24-15-9-4-10-16-24/h2-16,26H,17-21H2,1H3.